The van der Waals surface area contributed by atoms with E-state index in [-0.39, 0.29) is 11.5 Å². The van der Waals surface area contributed by atoms with Gasteiger partial charge in [0.2, 0.25) is 6.54 Å². The predicted octanol–water partition coefficient (Wildman–Crippen LogP) is 0.239. The Morgan fingerprint density at radius 2 is 2.55 bits per heavy atom. The Morgan fingerprint density at radius 1 is 1.82 bits per heavy atom. The highest BCUT2D eigenvalue weighted by Gasteiger charge is 2.02. The summed E-state index contributed by atoms with van der Waals surface area (Å²) >= 11 is 0. The molecule has 11 heavy (non-hydrogen) atoms. The molecule has 1 aromatic heterocycles. The maximum atomic E-state index is 9.98. The van der Waals surface area contributed by atoms with E-state index in [1.807, 2.05) is 7.05 Å². The summed E-state index contributed by atoms with van der Waals surface area (Å²) in [5, 5.41) is 9.98. The molecule has 0 N–H and O–H groups in total. The van der Waals surface area contributed by atoms with Crippen LogP contribution in [0.5, 0.6) is 0 Å². The molecule has 0 atom stereocenters. The minimum atomic E-state index is -0.326. The second-order valence-electron chi connectivity index (χ2n) is 2.30. The Labute approximate surface area is 63.8 Å². The number of imidazole rings is 1. The van der Waals surface area contributed by atoms with Gasteiger partial charge >= 0.3 is 0 Å². The molecule has 0 radical (unpaired) electrons. The molecule has 0 aliphatic carbocycles. The second-order valence-corrected chi connectivity index (χ2v) is 2.30. The summed E-state index contributed by atoms with van der Waals surface area (Å²) in [6, 6.07) is 0. The molecular formula is C6H9N3O2. The van der Waals surface area contributed by atoms with Crippen LogP contribution in [0.4, 0.5) is 0 Å². The van der Waals surface area contributed by atoms with E-state index in [1.54, 1.807) is 17.1 Å². The molecule has 1 heterocycles. The summed E-state index contributed by atoms with van der Waals surface area (Å²) in [5.74, 6) is 0. The van der Waals surface area contributed by atoms with E-state index < -0.39 is 0 Å². The second kappa shape index (κ2) is 3.14. The Hall–Kier alpha value is -1.39. The van der Waals surface area contributed by atoms with Gasteiger partial charge in [-0.25, -0.2) is 4.98 Å². The van der Waals surface area contributed by atoms with Gasteiger partial charge in [-0.2, -0.15) is 0 Å². The first-order chi connectivity index (χ1) is 5.20. The van der Waals surface area contributed by atoms with E-state index in [9.17, 15) is 10.1 Å². The van der Waals surface area contributed by atoms with Crippen LogP contribution in [0.2, 0.25) is 0 Å². The summed E-state index contributed by atoms with van der Waals surface area (Å²) in [5.41, 5.74) is 0.890. The third kappa shape index (κ3) is 2.03. The molecule has 0 spiro atoms. The lowest BCUT2D eigenvalue weighted by atomic mass is 10.3. The molecular weight excluding hydrogens is 146 g/mol. The van der Waals surface area contributed by atoms with Gasteiger partial charge in [0, 0.05) is 23.9 Å². The van der Waals surface area contributed by atoms with Crippen molar-refractivity contribution in [2.24, 2.45) is 7.05 Å². The van der Waals surface area contributed by atoms with Gasteiger partial charge in [-0.3, -0.25) is 10.1 Å². The van der Waals surface area contributed by atoms with Crippen molar-refractivity contribution in [3.05, 3.63) is 28.3 Å². The van der Waals surface area contributed by atoms with E-state index in [2.05, 4.69) is 4.98 Å². The Balaban J connectivity index is 2.51. The van der Waals surface area contributed by atoms with E-state index in [1.165, 1.54) is 0 Å². The largest absolute Gasteiger partial charge is 0.337 e. The van der Waals surface area contributed by atoms with Gasteiger partial charge in [0.1, 0.15) is 0 Å². The Morgan fingerprint density at radius 3 is 3.00 bits per heavy atom. The molecule has 60 valence electrons. The fourth-order valence-electron chi connectivity index (χ4n) is 0.831. The summed E-state index contributed by atoms with van der Waals surface area (Å²) < 4.78 is 1.78. The first-order valence-corrected chi connectivity index (χ1v) is 3.27. The molecule has 0 fully saturated rings. The van der Waals surface area contributed by atoms with Crippen LogP contribution in [0, 0.1) is 10.1 Å². The van der Waals surface area contributed by atoms with Gasteiger partial charge < -0.3 is 4.57 Å². The summed E-state index contributed by atoms with van der Waals surface area (Å²) in [6.07, 6.45) is 3.72. The third-order valence-corrected chi connectivity index (χ3v) is 1.47. The van der Waals surface area contributed by atoms with E-state index in [0.29, 0.717) is 6.42 Å². The zero-order chi connectivity index (χ0) is 8.27. The number of rotatable bonds is 3. The van der Waals surface area contributed by atoms with E-state index >= 15 is 0 Å². The van der Waals surface area contributed by atoms with Crippen LogP contribution in [0.25, 0.3) is 0 Å². The number of hydrogen-bond acceptors (Lipinski definition) is 3. The van der Waals surface area contributed by atoms with Gasteiger partial charge in [-0.15, -0.1) is 0 Å². The molecule has 0 amide bonds. The molecule has 1 aromatic rings. The van der Waals surface area contributed by atoms with Crippen LogP contribution < -0.4 is 0 Å². The smallest absolute Gasteiger partial charge is 0.209 e. The van der Waals surface area contributed by atoms with Crippen molar-refractivity contribution < 1.29 is 4.92 Å². The first-order valence-electron chi connectivity index (χ1n) is 3.27. The quantitative estimate of drug-likeness (QED) is 0.464. The van der Waals surface area contributed by atoms with Gasteiger partial charge in [0.05, 0.1) is 12.7 Å². The highest BCUT2D eigenvalue weighted by molar-refractivity contribution is 4.97. The van der Waals surface area contributed by atoms with Crippen molar-refractivity contribution in [3.63, 3.8) is 0 Å². The molecule has 0 bridgehead atoms. The Bertz CT molecular complexity index is 256. The average molecular weight is 155 g/mol. The number of aryl methyl sites for hydroxylation is 1. The normalized spacial score (nSPS) is 9.91. The zero-order valence-electron chi connectivity index (χ0n) is 6.23. The summed E-state index contributed by atoms with van der Waals surface area (Å²) in [6.45, 7) is -0.0282. The zero-order valence-corrected chi connectivity index (χ0v) is 6.23. The topological polar surface area (TPSA) is 61.0 Å². The predicted molar refractivity (Wildman–Crippen MR) is 38.8 cm³/mol. The maximum absolute atomic E-state index is 9.98. The maximum Gasteiger partial charge on any atom is 0.209 e. The first kappa shape index (κ1) is 7.71. The van der Waals surface area contributed by atoms with E-state index in [4.69, 9.17) is 0 Å². The lowest BCUT2D eigenvalue weighted by Gasteiger charge is -1.96. The molecule has 5 nitrogen and oxygen atoms in total. The van der Waals surface area contributed by atoms with Crippen molar-refractivity contribution in [2.75, 3.05) is 6.54 Å². The van der Waals surface area contributed by atoms with Crippen molar-refractivity contribution in [1.29, 1.82) is 0 Å². The molecule has 5 heteroatoms. The fourth-order valence-corrected chi connectivity index (χ4v) is 0.831. The van der Waals surface area contributed by atoms with Crippen LogP contribution in [-0.2, 0) is 13.5 Å². The molecule has 0 aliphatic heterocycles. The third-order valence-electron chi connectivity index (χ3n) is 1.47. The van der Waals surface area contributed by atoms with Gasteiger partial charge in [-0.05, 0) is 0 Å². The fraction of sp³-hybridized carbons (Fsp3) is 0.500. The Kier molecular flexibility index (Phi) is 2.20. The standard InChI is InChI=1S/C6H9N3O2/c1-8-5-7-4-6(8)2-3-9(10)11/h4-5H,2-3H2,1H3. The minimum Gasteiger partial charge on any atom is -0.337 e. The average Bonchev–Trinajstić information content (AvgIpc) is 2.31. The number of aromatic nitrogens is 2. The number of nitrogens with zero attached hydrogens (tertiary/aromatic N) is 3. The summed E-state index contributed by atoms with van der Waals surface area (Å²) in [7, 11) is 1.82. The SMILES string of the molecule is Cn1cncc1CC[N+](=O)[O-]. The summed E-state index contributed by atoms with van der Waals surface area (Å²) in [4.78, 5) is 13.5. The monoisotopic (exact) mass is 155 g/mol. The van der Waals surface area contributed by atoms with Crippen molar-refractivity contribution in [3.8, 4) is 0 Å². The highest BCUT2D eigenvalue weighted by atomic mass is 16.6. The highest BCUT2D eigenvalue weighted by Crippen LogP contribution is 1.96. The molecule has 0 saturated carbocycles. The lowest BCUT2D eigenvalue weighted by Crippen LogP contribution is -2.06. The molecule has 0 aromatic carbocycles. The molecule has 0 saturated heterocycles. The van der Waals surface area contributed by atoms with Gasteiger partial charge in [-0.1, -0.05) is 0 Å². The van der Waals surface area contributed by atoms with Crippen LogP contribution in [0.3, 0.4) is 0 Å². The number of nitro groups is 1. The van der Waals surface area contributed by atoms with Crippen molar-refractivity contribution in [2.45, 2.75) is 6.42 Å². The van der Waals surface area contributed by atoms with Crippen molar-refractivity contribution in [1.82, 2.24) is 9.55 Å². The van der Waals surface area contributed by atoms with Crippen molar-refractivity contribution >= 4 is 0 Å². The van der Waals surface area contributed by atoms with Crippen LogP contribution >= 0.6 is 0 Å². The minimum absolute atomic E-state index is 0.0282. The van der Waals surface area contributed by atoms with Gasteiger partial charge in [0.25, 0.3) is 0 Å². The van der Waals surface area contributed by atoms with Crippen LogP contribution in [-0.4, -0.2) is 21.0 Å². The molecule has 0 aliphatic rings. The van der Waals surface area contributed by atoms with Crippen LogP contribution in [0.1, 0.15) is 5.69 Å². The number of hydrogen-bond donors (Lipinski definition) is 0. The lowest BCUT2D eigenvalue weighted by molar-refractivity contribution is -0.479. The van der Waals surface area contributed by atoms with Crippen LogP contribution in [0.15, 0.2) is 12.5 Å². The molecule has 0 unspecified atom stereocenters. The molecule has 1 rings (SSSR count). The van der Waals surface area contributed by atoms with E-state index in [0.717, 1.165) is 5.69 Å². The van der Waals surface area contributed by atoms with Gasteiger partial charge in [0.15, 0.2) is 0 Å².